The first-order chi connectivity index (χ1) is 17.2. The number of hydrogen-bond acceptors (Lipinski definition) is 5. The van der Waals surface area contributed by atoms with Gasteiger partial charge in [0.2, 0.25) is 5.91 Å². The number of thiol groups is 1. The third-order valence-corrected chi connectivity index (χ3v) is 6.36. The van der Waals surface area contributed by atoms with Crippen molar-refractivity contribution in [2.24, 2.45) is 5.92 Å². The third kappa shape index (κ3) is 6.26. The number of carbonyl (C=O) groups excluding carboxylic acids is 1. The summed E-state index contributed by atoms with van der Waals surface area (Å²) < 4.78 is 22.5. The molecule has 0 aliphatic rings. The number of nitrogens with zero attached hydrogens (tertiary/aromatic N) is 2. The Labute approximate surface area is 216 Å². The van der Waals surface area contributed by atoms with Crippen molar-refractivity contribution < 1.29 is 23.8 Å². The van der Waals surface area contributed by atoms with Gasteiger partial charge in [0, 0.05) is 5.56 Å². The molecule has 3 rings (SSSR count). The van der Waals surface area contributed by atoms with Crippen LogP contribution in [0.3, 0.4) is 0 Å². The summed E-state index contributed by atoms with van der Waals surface area (Å²) in [7, 11) is 1.50. The number of carbonyl (C=O) groups is 2. The molecule has 1 heterocycles. The second-order valence-electron chi connectivity index (χ2n) is 8.95. The van der Waals surface area contributed by atoms with E-state index in [2.05, 4.69) is 22.9 Å². The molecule has 9 heteroatoms. The molecule has 1 unspecified atom stereocenters. The normalized spacial score (nSPS) is 12.0. The van der Waals surface area contributed by atoms with E-state index in [0.29, 0.717) is 41.5 Å². The smallest absolute Gasteiger partial charge is 0.336 e. The highest BCUT2D eigenvalue weighted by atomic mass is 32.1. The van der Waals surface area contributed by atoms with E-state index < -0.39 is 17.0 Å². The van der Waals surface area contributed by atoms with E-state index in [1.165, 1.54) is 19.2 Å². The standard InChI is InChI=1S/C27H32FN3O4S/c1-5-22-23(14-29-25(32)24(36)12-16(2)3)31(27(30-22)35-4)15-18-11-10-17(13-21(18)28)19-8-6-7-9-20(19)26(33)34/h6-11,13,16,24,36H,5,12,14-15H2,1-4H3,(H,29,32)(H,33,34). The van der Waals surface area contributed by atoms with Gasteiger partial charge >= 0.3 is 5.97 Å². The Morgan fingerprint density at radius 1 is 1.22 bits per heavy atom. The molecule has 7 nitrogen and oxygen atoms in total. The average Bonchev–Trinajstić information content (AvgIpc) is 3.19. The number of aromatic nitrogens is 2. The van der Waals surface area contributed by atoms with Crippen molar-refractivity contribution >= 4 is 24.5 Å². The van der Waals surface area contributed by atoms with Gasteiger partial charge < -0.3 is 15.2 Å². The Bertz CT molecular complexity index is 1240. The van der Waals surface area contributed by atoms with Crippen LogP contribution >= 0.6 is 12.6 Å². The lowest BCUT2D eigenvalue weighted by molar-refractivity contribution is -0.121. The minimum atomic E-state index is -1.08. The van der Waals surface area contributed by atoms with Crippen molar-refractivity contribution in [3.63, 3.8) is 0 Å². The number of ether oxygens (including phenoxy) is 1. The van der Waals surface area contributed by atoms with Gasteiger partial charge in [-0.1, -0.05) is 51.1 Å². The van der Waals surface area contributed by atoms with E-state index >= 15 is 4.39 Å². The summed E-state index contributed by atoms with van der Waals surface area (Å²) in [5, 5.41) is 12.0. The molecule has 0 saturated carbocycles. The SMILES string of the molecule is CCc1nc(OC)n(Cc2ccc(-c3ccccc3C(=O)O)cc2F)c1CNC(=O)C(S)CC(C)C. The monoisotopic (exact) mass is 513 g/mol. The third-order valence-electron chi connectivity index (χ3n) is 5.92. The zero-order chi connectivity index (χ0) is 26.4. The van der Waals surface area contributed by atoms with Gasteiger partial charge in [-0.3, -0.25) is 9.36 Å². The molecule has 36 heavy (non-hydrogen) atoms. The summed E-state index contributed by atoms with van der Waals surface area (Å²) >= 11 is 4.42. The summed E-state index contributed by atoms with van der Waals surface area (Å²) in [6.45, 7) is 6.36. The van der Waals surface area contributed by atoms with E-state index in [9.17, 15) is 14.7 Å². The number of benzene rings is 2. The summed E-state index contributed by atoms with van der Waals surface area (Å²) in [6.07, 6.45) is 1.26. The van der Waals surface area contributed by atoms with Crippen LogP contribution in [0.25, 0.3) is 11.1 Å². The minimum absolute atomic E-state index is 0.103. The van der Waals surface area contributed by atoms with Gasteiger partial charge in [-0.25, -0.2) is 9.18 Å². The Hall–Kier alpha value is -3.33. The van der Waals surface area contributed by atoms with E-state index in [-0.39, 0.29) is 24.6 Å². The van der Waals surface area contributed by atoms with Crippen LogP contribution in [0.4, 0.5) is 4.39 Å². The Morgan fingerprint density at radius 2 is 1.94 bits per heavy atom. The number of carboxylic acids is 1. The Balaban J connectivity index is 1.90. The van der Waals surface area contributed by atoms with Crippen molar-refractivity contribution in [3.05, 3.63) is 70.8 Å². The van der Waals surface area contributed by atoms with Crippen molar-refractivity contribution in [2.45, 2.75) is 52.0 Å². The van der Waals surface area contributed by atoms with Gasteiger partial charge in [-0.2, -0.15) is 17.6 Å². The maximum atomic E-state index is 15.2. The number of carboxylic acid groups (broad SMARTS) is 1. The number of amides is 1. The summed E-state index contributed by atoms with van der Waals surface area (Å²) in [5.74, 6) is -1.39. The molecular formula is C27H32FN3O4S. The molecular weight excluding hydrogens is 481 g/mol. The molecule has 1 amide bonds. The van der Waals surface area contributed by atoms with Crippen molar-refractivity contribution in [3.8, 4) is 17.1 Å². The van der Waals surface area contributed by atoms with Crippen LogP contribution in [0.15, 0.2) is 42.5 Å². The van der Waals surface area contributed by atoms with Crippen molar-refractivity contribution in [2.75, 3.05) is 7.11 Å². The molecule has 192 valence electrons. The fourth-order valence-corrected chi connectivity index (χ4v) is 4.60. The molecule has 0 aliphatic carbocycles. The number of rotatable bonds is 11. The molecule has 3 aromatic rings. The lowest BCUT2D eigenvalue weighted by Gasteiger charge is -2.16. The van der Waals surface area contributed by atoms with Crippen LogP contribution in [0.1, 0.15) is 54.5 Å². The largest absolute Gasteiger partial charge is 0.478 e. The molecule has 1 aromatic heterocycles. The molecule has 0 bridgehead atoms. The topological polar surface area (TPSA) is 93.5 Å². The summed E-state index contributed by atoms with van der Waals surface area (Å²) in [5.41, 5.74) is 2.87. The molecule has 0 radical (unpaired) electrons. The maximum Gasteiger partial charge on any atom is 0.336 e. The van der Waals surface area contributed by atoms with Gasteiger partial charge in [0.25, 0.3) is 6.01 Å². The number of nitrogens with one attached hydrogen (secondary N) is 1. The predicted octanol–water partition coefficient (Wildman–Crippen LogP) is 4.97. The molecule has 0 saturated heterocycles. The minimum Gasteiger partial charge on any atom is -0.478 e. The fraction of sp³-hybridized carbons (Fsp3) is 0.370. The van der Waals surface area contributed by atoms with E-state index in [1.807, 2.05) is 20.8 Å². The van der Waals surface area contributed by atoms with Crippen molar-refractivity contribution in [1.29, 1.82) is 0 Å². The Kier molecular flexibility index (Phi) is 9.14. The first-order valence-corrected chi connectivity index (χ1v) is 12.4. The van der Waals surface area contributed by atoms with Gasteiger partial charge in [0.05, 0.1) is 42.4 Å². The van der Waals surface area contributed by atoms with Crippen LogP contribution in [-0.2, 0) is 24.3 Å². The number of halogens is 1. The predicted molar refractivity (Wildman–Crippen MR) is 140 cm³/mol. The zero-order valence-electron chi connectivity index (χ0n) is 20.9. The zero-order valence-corrected chi connectivity index (χ0v) is 21.8. The maximum absolute atomic E-state index is 15.2. The first kappa shape index (κ1) is 27.3. The quantitative estimate of drug-likeness (QED) is 0.315. The number of imidazole rings is 1. The lowest BCUT2D eigenvalue weighted by atomic mass is 9.98. The van der Waals surface area contributed by atoms with Crippen molar-refractivity contribution in [1.82, 2.24) is 14.9 Å². The molecule has 2 N–H and O–H groups in total. The summed E-state index contributed by atoms with van der Waals surface area (Å²) in [6, 6.07) is 11.5. The average molecular weight is 514 g/mol. The number of aryl methyl sites for hydroxylation is 1. The van der Waals surface area contributed by atoms with Gasteiger partial charge in [-0.05, 0) is 42.0 Å². The molecule has 1 atom stereocenters. The first-order valence-electron chi connectivity index (χ1n) is 11.8. The van der Waals surface area contributed by atoms with E-state index in [1.54, 1.807) is 34.9 Å². The highest BCUT2D eigenvalue weighted by Gasteiger charge is 2.21. The van der Waals surface area contributed by atoms with E-state index in [4.69, 9.17) is 4.74 Å². The highest BCUT2D eigenvalue weighted by molar-refractivity contribution is 7.81. The Morgan fingerprint density at radius 3 is 2.56 bits per heavy atom. The highest BCUT2D eigenvalue weighted by Crippen LogP contribution is 2.28. The lowest BCUT2D eigenvalue weighted by Crippen LogP contribution is -2.32. The molecule has 0 fully saturated rings. The van der Waals surface area contributed by atoms with Crippen LogP contribution in [0.5, 0.6) is 6.01 Å². The fourth-order valence-electron chi connectivity index (χ4n) is 4.09. The second kappa shape index (κ2) is 12.1. The summed E-state index contributed by atoms with van der Waals surface area (Å²) in [4.78, 5) is 28.7. The van der Waals surface area contributed by atoms with Gasteiger partial charge in [0.15, 0.2) is 0 Å². The van der Waals surface area contributed by atoms with Crippen LogP contribution in [0, 0.1) is 11.7 Å². The van der Waals surface area contributed by atoms with Crippen LogP contribution in [0.2, 0.25) is 0 Å². The van der Waals surface area contributed by atoms with Gasteiger partial charge in [0.1, 0.15) is 5.82 Å². The van der Waals surface area contributed by atoms with Gasteiger partial charge in [-0.15, -0.1) is 0 Å². The number of aromatic carboxylic acids is 1. The number of methoxy groups -OCH3 is 1. The second-order valence-corrected chi connectivity index (χ2v) is 9.58. The number of hydrogen-bond donors (Lipinski definition) is 3. The van der Waals surface area contributed by atoms with Crippen LogP contribution in [-0.4, -0.2) is 38.9 Å². The van der Waals surface area contributed by atoms with Crippen LogP contribution < -0.4 is 10.1 Å². The van der Waals surface area contributed by atoms with E-state index in [0.717, 1.165) is 11.4 Å². The molecule has 2 aromatic carbocycles. The molecule has 0 aliphatic heterocycles. The molecule has 0 spiro atoms.